The molecule has 0 spiro atoms. The molecule has 5 heteroatoms. The van der Waals surface area contributed by atoms with Crippen LogP contribution in [0.4, 0.5) is 8.78 Å². The molecule has 0 heterocycles. The van der Waals surface area contributed by atoms with Crippen molar-refractivity contribution in [3.05, 3.63) is 65.2 Å². The standard InChI is InChI=1S/C15H14F2N2O/c16-13-2-1-3-14(17)12(13)9-20-11-6-4-10(5-7-11)8-15(18)19/h1-7H,8-9H2,(H3,18,19). The van der Waals surface area contributed by atoms with Gasteiger partial charge in [0.05, 0.1) is 11.4 Å². The van der Waals surface area contributed by atoms with E-state index in [1.54, 1.807) is 24.3 Å². The maximum Gasteiger partial charge on any atom is 0.132 e. The lowest BCUT2D eigenvalue weighted by atomic mass is 10.1. The molecule has 0 aliphatic heterocycles. The van der Waals surface area contributed by atoms with Gasteiger partial charge in [0.15, 0.2) is 0 Å². The maximum atomic E-state index is 13.4. The van der Waals surface area contributed by atoms with Crippen LogP contribution in [-0.4, -0.2) is 5.84 Å². The Kier molecular flexibility index (Phi) is 4.30. The third-order valence-corrected chi connectivity index (χ3v) is 2.76. The third kappa shape index (κ3) is 3.54. The van der Waals surface area contributed by atoms with E-state index in [4.69, 9.17) is 15.9 Å². The fourth-order valence-corrected chi connectivity index (χ4v) is 1.75. The smallest absolute Gasteiger partial charge is 0.132 e. The fourth-order valence-electron chi connectivity index (χ4n) is 1.75. The lowest BCUT2D eigenvalue weighted by Gasteiger charge is -2.08. The van der Waals surface area contributed by atoms with E-state index in [1.807, 2.05) is 0 Å². The van der Waals surface area contributed by atoms with E-state index in [0.717, 1.165) is 5.56 Å². The summed E-state index contributed by atoms with van der Waals surface area (Å²) in [5.74, 6) is -0.677. The van der Waals surface area contributed by atoms with Gasteiger partial charge in [-0.1, -0.05) is 18.2 Å². The Morgan fingerprint density at radius 3 is 2.20 bits per heavy atom. The Morgan fingerprint density at radius 1 is 1.05 bits per heavy atom. The summed E-state index contributed by atoms with van der Waals surface area (Å²) >= 11 is 0. The number of benzene rings is 2. The summed E-state index contributed by atoms with van der Waals surface area (Å²) in [6.45, 7) is -0.176. The fraction of sp³-hybridized carbons (Fsp3) is 0.133. The van der Waals surface area contributed by atoms with Crippen molar-refractivity contribution >= 4 is 5.84 Å². The normalized spacial score (nSPS) is 10.3. The second-order valence-electron chi connectivity index (χ2n) is 4.33. The van der Waals surface area contributed by atoms with Crippen LogP contribution in [0, 0.1) is 17.0 Å². The lowest BCUT2D eigenvalue weighted by molar-refractivity contribution is 0.292. The molecule has 0 aromatic heterocycles. The van der Waals surface area contributed by atoms with Gasteiger partial charge in [-0.2, -0.15) is 0 Å². The predicted molar refractivity (Wildman–Crippen MR) is 72.8 cm³/mol. The van der Waals surface area contributed by atoms with Crippen LogP contribution in [0.1, 0.15) is 11.1 Å². The number of hydrogen-bond acceptors (Lipinski definition) is 2. The minimum Gasteiger partial charge on any atom is -0.489 e. The van der Waals surface area contributed by atoms with E-state index in [2.05, 4.69) is 0 Å². The van der Waals surface area contributed by atoms with Crippen molar-refractivity contribution in [2.24, 2.45) is 5.73 Å². The molecule has 0 saturated carbocycles. The highest BCUT2D eigenvalue weighted by Gasteiger charge is 2.08. The summed E-state index contributed by atoms with van der Waals surface area (Å²) < 4.78 is 32.2. The van der Waals surface area contributed by atoms with Crippen LogP contribution in [0.5, 0.6) is 5.75 Å². The summed E-state index contributed by atoms with van der Waals surface area (Å²) in [6.07, 6.45) is 0.363. The van der Waals surface area contributed by atoms with E-state index < -0.39 is 11.6 Å². The van der Waals surface area contributed by atoms with Crippen molar-refractivity contribution in [3.63, 3.8) is 0 Å². The summed E-state index contributed by atoms with van der Waals surface area (Å²) in [7, 11) is 0. The van der Waals surface area contributed by atoms with Crippen LogP contribution < -0.4 is 10.5 Å². The van der Waals surface area contributed by atoms with Crippen molar-refractivity contribution in [3.8, 4) is 5.75 Å². The van der Waals surface area contributed by atoms with Crippen molar-refractivity contribution in [1.29, 1.82) is 5.41 Å². The largest absolute Gasteiger partial charge is 0.489 e. The zero-order valence-electron chi connectivity index (χ0n) is 10.7. The predicted octanol–water partition coefficient (Wildman–Crippen LogP) is 3.02. The minimum atomic E-state index is -0.627. The molecule has 3 N–H and O–H groups in total. The van der Waals surface area contributed by atoms with Gasteiger partial charge in [-0.15, -0.1) is 0 Å². The Morgan fingerprint density at radius 2 is 1.65 bits per heavy atom. The molecule has 0 unspecified atom stereocenters. The molecule has 20 heavy (non-hydrogen) atoms. The molecule has 2 rings (SSSR count). The first-order chi connectivity index (χ1) is 9.56. The first-order valence-electron chi connectivity index (χ1n) is 6.04. The summed E-state index contributed by atoms with van der Waals surface area (Å²) in [4.78, 5) is 0. The third-order valence-electron chi connectivity index (χ3n) is 2.76. The van der Waals surface area contributed by atoms with E-state index >= 15 is 0 Å². The molecule has 0 atom stereocenters. The van der Waals surface area contributed by atoms with Gasteiger partial charge in [-0.25, -0.2) is 8.78 Å². The van der Waals surface area contributed by atoms with Crippen molar-refractivity contribution < 1.29 is 13.5 Å². The molecule has 104 valence electrons. The first-order valence-corrected chi connectivity index (χ1v) is 6.04. The molecule has 3 nitrogen and oxygen atoms in total. The molecule has 2 aromatic carbocycles. The molecule has 2 aromatic rings. The number of amidine groups is 1. The van der Waals surface area contributed by atoms with Gasteiger partial charge in [0.2, 0.25) is 0 Å². The number of halogens is 2. The number of nitrogens with one attached hydrogen (secondary N) is 1. The van der Waals surface area contributed by atoms with E-state index in [-0.39, 0.29) is 18.0 Å². The molecule has 0 saturated heterocycles. The van der Waals surface area contributed by atoms with Crippen molar-refractivity contribution in [2.75, 3.05) is 0 Å². The van der Waals surface area contributed by atoms with Crippen LogP contribution >= 0.6 is 0 Å². The monoisotopic (exact) mass is 276 g/mol. The molecule has 0 fully saturated rings. The number of ether oxygens (including phenoxy) is 1. The van der Waals surface area contributed by atoms with Crippen LogP contribution in [-0.2, 0) is 13.0 Å². The molecular formula is C15H14F2N2O. The lowest BCUT2D eigenvalue weighted by Crippen LogP contribution is -2.12. The van der Waals surface area contributed by atoms with Crippen LogP contribution in [0.3, 0.4) is 0 Å². The van der Waals surface area contributed by atoms with Crippen molar-refractivity contribution in [2.45, 2.75) is 13.0 Å². The number of rotatable bonds is 5. The topological polar surface area (TPSA) is 59.1 Å². The second kappa shape index (κ2) is 6.14. The average molecular weight is 276 g/mol. The molecule has 0 aliphatic rings. The SMILES string of the molecule is N=C(N)Cc1ccc(OCc2c(F)cccc2F)cc1. The second-order valence-corrected chi connectivity index (χ2v) is 4.33. The van der Waals surface area contributed by atoms with Gasteiger partial charge in [-0.05, 0) is 29.8 Å². The molecular weight excluding hydrogens is 262 g/mol. The number of nitrogens with two attached hydrogens (primary N) is 1. The zero-order valence-corrected chi connectivity index (χ0v) is 10.7. The van der Waals surface area contributed by atoms with E-state index in [0.29, 0.717) is 12.2 Å². The van der Waals surface area contributed by atoms with Gasteiger partial charge in [0.1, 0.15) is 24.0 Å². The Labute approximate surface area is 115 Å². The highest BCUT2D eigenvalue weighted by atomic mass is 19.1. The molecule has 0 radical (unpaired) electrons. The van der Waals surface area contributed by atoms with Gasteiger partial charge in [0.25, 0.3) is 0 Å². The quantitative estimate of drug-likeness (QED) is 0.651. The summed E-state index contributed by atoms with van der Waals surface area (Å²) in [5.41, 5.74) is 6.08. The highest BCUT2D eigenvalue weighted by Crippen LogP contribution is 2.17. The average Bonchev–Trinajstić information content (AvgIpc) is 2.39. The Balaban J connectivity index is 2.02. The number of hydrogen-bond donors (Lipinski definition) is 2. The zero-order chi connectivity index (χ0) is 14.5. The molecule has 0 amide bonds. The first kappa shape index (κ1) is 14.0. The highest BCUT2D eigenvalue weighted by molar-refractivity contribution is 5.79. The van der Waals surface area contributed by atoms with Crippen LogP contribution in [0.2, 0.25) is 0 Å². The van der Waals surface area contributed by atoms with Gasteiger partial charge < -0.3 is 10.5 Å². The maximum absolute atomic E-state index is 13.4. The van der Waals surface area contributed by atoms with E-state index in [1.165, 1.54) is 18.2 Å². The summed E-state index contributed by atoms with van der Waals surface area (Å²) in [5, 5.41) is 7.19. The van der Waals surface area contributed by atoms with Crippen LogP contribution in [0.15, 0.2) is 42.5 Å². The molecule has 0 bridgehead atoms. The Hall–Kier alpha value is -2.43. The van der Waals surface area contributed by atoms with Crippen molar-refractivity contribution in [1.82, 2.24) is 0 Å². The van der Waals surface area contributed by atoms with Gasteiger partial charge in [0, 0.05) is 6.42 Å². The van der Waals surface area contributed by atoms with E-state index in [9.17, 15) is 8.78 Å². The van der Waals surface area contributed by atoms with Crippen LogP contribution in [0.25, 0.3) is 0 Å². The summed E-state index contributed by atoms with van der Waals surface area (Å²) in [6, 6.07) is 10.6. The van der Waals surface area contributed by atoms with Gasteiger partial charge in [-0.3, -0.25) is 5.41 Å². The Bertz CT molecular complexity index is 592. The van der Waals surface area contributed by atoms with Gasteiger partial charge >= 0.3 is 0 Å². The minimum absolute atomic E-state index is 0.0760. The molecule has 0 aliphatic carbocycles.